The number of aryl methyl sites for hydroxylation is 1. The summed E-state index contributed by atoms with van der Waals surface area (Å²) in [7, 11) is 0. The van der Waals surface area contributed by atoms with Gasteiger partial charge >= 0.3 is 0 Å². The summed E-state index contributed by atoms with van der Waals surface area (Å²) in [5.41, 5.74) is 3.05. The molecule has 0 atom stereocenters. The molecule has 0 N–H and O–H groups in total. The van der Waals surface area contributed by atoms with Crippen LogP contribution in [0.3, 0.4) is 0 Å². The fraction of sp³-hybridized carbons (Fsp3) is 0.167. The molecular weight excluding hydrogens is 282 g/mol. The molecule has 0 aliphatic heterocycles. The second-order valence-electron chi connectivity index (χ2n) is 4.56. The van der Waals surface area contributed by atoms with E-state index in [9.17, 15) is 0 Å². The Bertz CT molecular complexity index is 632. The molecule has 0 amide bonds. The SMILES string of the molecule is C=CCOc1ccc(Cl)cc1C=Nc1ccc(CC)cc1. The van der Waals surface area contributed by atoms with Crippen LogP contribution in [0.5, 0.6) is 5.75 Å². The molecular formula is C18H18ClNO. The summed E-state index contributed by atoms with van der Waals surface area (Å²) >= 11 is 6.03. The Morgan fingerprint density at radius 3 is 2.62 bits per heavy atom. The van der Waals surface area contributed by atoms with Crippen molar-refractivity contribution in [3.8, 4) is 5.75 Å². The molecule has 0 aliphatic carbocycles. The van der Waals surface area contributed by atoms with Crippen LogP contribution in [0.1, 0.15) is 18.1 Å². The molecule has 0 saturated carbocycles. The molecule has 0 saturated heterocycles. The number of nitrogens with zero attached hydrogens (tertiary/aromatic N) is 1. The van der Waals surface area contributed by atoms with Crippen LogP contribution in [0.15, 0.2) is 60.1 Å². The Hall–Kier alpha value is -2.06. The van der Waals surface area contributed by atoms with Gasteiger partial charge in [0.05, 0.1) is 5.69 Å². The lowest BCUT2D eigenvalue weighted by Crippen LogP contribution is -1.96. The zero-order valence-electron chi connectivity index (χ0n) is 12.1. The van der Waals surface area contributed by atoms with Crippen molar-refractivity contribution in [2.24, 2.45) is 4.99 Å². The van der Waals surface area contributed by atoms with Crippen molar-refractivity contribution in [3.05, 3.63) is 71.3 Å². The molecule has 2 aromatic carbocycles. The van der Waals surface area contributed by atoms with Crippen LogP contribution in [0.2, 0.25) is 5.02 Å². The minimum atomic E-state index is 0.452. The molecule has 0 heterocycles. The van der Waals surface area contributed by atoms with Crippen LogP contribution in [-0.4, -0.2) is 12.8 Å². The maximum Gasteiger partial charge on any atom is 0.128 e. The van der Waals surface area contributed by atoms with Gasteiger partial charge in [-0.3, -0.25) is 4.99 Å². The van der Waals surface area contributed by atoms with E-state index < -0.39 is 0 Å². The molecule has 21 heavy (non-hydrogen) atoms. The third kappa shape index (κ3) is 4.47. The Morgan fingerprint density at radius 1 is 1.19 bits per heavy atom. The quantitative estimate of drug-likeness (QED) is 0.529. The Balaban J connectivity index is 2.21. The van der Waals surface area contributed by atoms with Crippen molar-refractivity contribution >= 4 is 23.5 Å². The first kappa shape index (κ1) is 15.3. The number of aliphatic imine (C=N–C) groups is 1. The molecule has 2 aromatic rings. The van der Waals surface area contributed by atoms with E-state index in [1.54, 1.807) is 18.4 Å². The van der Waals surface area contributed by atoms with Gasteiger partial charge in [0, 0.05) is 16.8 Å². The number of ether oxygens (including phenoxy) is 1. The lowest BCUT2D eigenvalue weighted by molar-refractivity contribution is 0.363. The number of benzene rings is 2. The lowest BCUT2D eigenvalue weighted by atomic mass is 10.1. The van der Waals surface area contributed by atoms with Crippen LogP contribution in [0.4, 0.5) is 5.69 Å². The first-order chi connectivity index (χ1) is 10.2. The third-order valence-corrected chi connectivity index (χ3v) is 3.26. The molecule has 0 bridgehead atoms. The Morgan fingerprint density at radius 2 is 1.95 bits per heavy atom. The summed E-state index contributed by atoms with van der Waals surface area (Å²) in [5, 5.41) is 0.656. The van der Waals surface area contributed by atoms with Crippen molar-refractivity contribution in [1.29, 1.82) is 0 Å². The molecule has 0 aromatic heterocycles. The number of hydrogen-bond acceptors (Lipinski definition) is 2. The monoisotopic (exact) mass is 299 g/mol. The predicted molar refractivity (Wildman–Crippen MR) is 90.2 cm³/mol. The van der Waals surface area contributed by atoms with Crippen LogP contribution >= 0.6 is 11.6 Å². The van der Waals surface area contributed by atoms with E-state index in [0.29, 0.717) is 11.6 Å². The summed E-state index contributed by atoms with van der Waals surface area (Å²) in [6.07, 6.45) is 4.50. The fourth-order valence-electron chi connectivity index (χ4n) is 1.86. The minimum Gasteiger partial charge on any atom is -0.489 e. The van der Waals surface area contributed by atoms with Crippen molar-refractivity contribution in [3.63, 3.8) is 0 Å². The summed E-state index contributed by atoms with van der Waals surface area (Å²) in [4.78, 5) is 4.47. The zero-order valence-corrected chi connectivity index (χ0v) is 12.8. The predicted octanol–water partition coefficient (Wildman–Crippen LogP) is 5.22. The van der Waals surface area contributed by atoms with E-state index in [1.165, 1.54) is 5.56 Å². The molecule has 0 aliphatic rings. The van der Waals surface area contributed by atoms with E-state index in [0.717, 1.165) is 23.4 Å². The van der Waals surface area contributed by atoms with Gasteiger partial charge in [0.1, 0.15) is 12.4 Å². The molecule has 2 nitrogen and oxygen atoms in total. The number of halogens is 1. The smallest absolute Gasteiger partial charge is 0.128 e. The molecule has 0 unspecified atom stereocenters. The highest BCUT2D eigenvalue weighted by Gasteiger charge is 2.02. The van der Waals surface area contributed by atoms with Crippen molar-refractivity contribution in [1.82, 2.24) is 0 Å². The normalized spacial score (nSPS) is 10.8. The van der Waals surface area contributed by atoms with Crippen molar-refractivity contribution in [2.45, 2.75) is 13.3 Å². The topological polar surface area (TPSA) is 21.6 Å². The molecule has 108 valence electrons. The van der Waals surface area contributed by atoms with Gasteiger partial charge in [-0.15, -0.1) is 0 Å². The maximum absolute atomic E-state index is 6.03. The van der Waals surface area contributed by atoms with E-state index in [-0.39, 0.29) is 0 Å². The van der Waals surface area contributed by atoms with Gasteiger partial charge in [0.15, 0.2) is 0 Å². The third-order valence-electron chi connectivity index (χ3n) is 3.03. The van der Waals surface area contributed by atoms with Crippen molar-refractivity contribution < 1.29 is 4.74 Å². The molecule has 3 heteroatoms. The first-order valence-electron chi connectivity index (χ1n) is 6.89. The average molecular weight is 300 g/mol. The second kappa shape index (κ2) is 7.65. The molecule has 0 radical (unpaired) electrons. The zero-order chi connectivity index (χ0) is 15.1. The molecule has 0 spiro atoms. The van der Waals surface area contributed by atoms with Gasteiger partial charge in [0.25, 0.3) is 0 Å². The highest BCUT2D eigenvalue weighted by molar-refractivity contribution is 6.30. The Labute approximate surface area is 130 Å². The number of rotatable bonds is 6. The lowest BCUT2D eigenvalue weighted by Gasteiger charge is -2.07. The highest BCUT2D eigenvalue weighted by Crippen LogP contribution is 2.22. The largest absolute Gasteiger partial charge is 0.489 e. The first-order valence-corrected chi connectivity index (χ1v) is 7.27. The van der Waals surface area contributed by atoms with Crippen LogP contribution < -0.4 is 4.74 Å². The summed E-state index contributed by atoms with van der Waals surface area (Å²) < 4.78 is 5.60. The van der Waals surface area contributed by atoms with Crippen molar-refractivity contribution in [2.75, 3.05) is 6.61 Å². The number of hydrogen-bond donors (Lipinski definition) is 0. The Kier molecular flexibility index (Phi) is 5.59. The van der Waals surface area contributed by atoms with Crippen LogP contribution in [0, 0.1) is 0 Å². The van der Waals surface area contributed by atoms with E-state index in [1.807, 2.05) is 24.3 Å². The van der Waals surface area contributed by atoms with Gasteiger partial charge in [-0.1, -0.05) is 43.3 Å². The van der Waals surface area contributed by atoms with Gasteiger partial charge in [-0.25, -0.2) is 0 Å². The van der Waals surface area contributed by atoms with Gasteiger partial charge in [-0.05, 0) is 42.3 Å². The standard InChI is InChI=1S/C18H18ClNO/c1-3-11-21-18-10-7-16(19)12-15(18)13-20-17-8-5-14(4-2)6-9-17/h3,5-10,12-13H,1,4,11H2,2H3. The maximum atomic E-state index is 6.03. The van der Waals surface area contributed by atoms with Gasteiger partial charge in [0.2, 0.25) is 0 Å². The summed E-state index contributed by atoms with van der Waals surface area (Å²) in [6, 6.07) is 13.7. The summed E-state index contributed by atoms with van der Waals surface area (Å²) in [6.45, 7) is 6.23. The minimum absolute atomic E-state index is 0.452. The van der Waals surface area contributed by atoms with Crippen LogP contribution in [-0.2, 0) is 6.42 Å². The van der Waals surface area contributed by atoms with E-state index in [4.69, 9.17) is 16.3 Å². The second-order valence-corrected chi connectivity index (χ2v) is 5.00. The summed E-state index contributed by atoms with van der Waals surface area (Å²) in [5.74, 6) is 0.744. The van der Waals surface area contributed by atoms with Crippen LogP contribution in [0.25, 0.3) is 0 Å². The van der Waals surface area contributed by atoms with Gasteiger partial charge < -0.3 is 4.74 Å². The molecule has 0 fully saturated rings. The highest BCUT2D eigenvalue weighted by atomic mass is 35.5. The van der Waals surface area contributed by atoms with E-state index >= 15 is 0 Å². The molecule has 2 rings (SSSR count). The fourth-order valence-corrected chi connectivity index (χ4v) is 2.04. The van der Waals surface area contributed by atoms with E-state index in [2.05, 4.69) is 30.6 Å². The van der Waals surface area contributed by atoms with Gasteiger partial charge in [-0.2, -0.15) is 0 Å². The average Bonchev–Trinajstić information content (AvgIpc) is 2.52.